The molecule has 142 valence electrons. The van der Waals surface area contributed by atoms with Crippen LogP contribution in [0, 0.1) is 0 Å². The average molecular weight is 386 g/mol. The number of hydrogen-bond donors (Lipinski definition) is 1. The van der Waals surface area contributed by atoms with Crippen LogP contribution in [-0.4, -0.2) is 35.6 Å². The number of amides is 2. The quantitative estimate of drug-likeness (QED) is 0.826. The Hall–Kier alpha value is -2.54. The first kappa shape index (κ1) is 17.9. The Kier molecular flexibility index (Phi) is 4.78. The summed E-state index contributed by atoms with van der Waals surface area (Å²) in [6.07, 6.45) is 2.83. The van der Waals surface area contributed by atoms with E-state index >= 15 is 0 Å². The Bertz CT molecular complexity index is 852. The van der Waals surface area contributed by atoms with Crippen molar-refractivity contribution in [2.45, 2.75) is 38.1 Å². The van der Waals surface area contributed by atoms with E-state index in [9.17, 15) is 9.59 Å². The molecule has 1 saturated heterocycles. The second kappa shape index (κ2) is 7.23. The van der Waals surface area contributed by atoms with Crippen molar-refractivity contribution in [3.63, 3.8) is 0 Å². The van der Waals surface area contributed by atoms with Crippen LogP contribution in [0.3, 0.4) is 0 Å². The number of rotatable bonds is 6. The Balaban J connectivity index is 1.34. The molecule has 1 aromatic carbocycles. The fourth-order valence-corrected chi connectivity index (χ4v) is 4.19. The van der Waals surface area contributed by atoms with E-state index in [0.29, 0.717) is 36.6 Å². The number of anilines is 1. The van der Waals surface area contributed by atoms with Gasteiger partial charge in [-0.1, -0.05) is 6.07 Å². The molecule has 1 fully saturated rings. The minimum absolute atomic E-state index is 0.0427. The minimum Gasteiger partial charge on any atom is -0.454 e. The zero-order valence-electron chi connectivity index (χ0n) is 15.2. The van der Waals surface area contributed by atoms with Crippen LogP contribution in [-0.2, 0) is 16.0 Å². The normalized spacial score (nSPS) is 20.3. The van der Waals surface area contributed by atoms with E-state index in [4.69, 9.17) is 9.47 Å². The summed E-state index contributed by atoms with van der Waals surface area (Å²) in [7, 11) is 0. The van der Waals surface area contributed by atoms with Crippen molar-refractivity contribution in [1.82, 2.24) is 4.90 Å². The molecule has 0 bridgehead atoms. The lowest BCUT2D eigenvalue weighted by atomic mass is 9.85. The van der Waals surface area contributed by atoms with Crippen LogP contribution in [0.2, 0.25) is 0 Å². The molecule has 6 nitrogen and oxygen atoms in total. The molecule has 2 aliphatic rings. The van der Waals surface area contributed by atoms with Gasteiger partial charge in [0.05, 0.1) is 0 Å². The number of nitrogens with one attached hydrogen (secondary N) is 1. The van der Waals surface area contributed by atoms with Gasteiger partial charge >= 0.3 is 0 Å². The number of aryl methyl sites for hydroxylation is 1. The van der Waals surface area contributed by atoms with Gasteiger partial charge in [-0.25, -0.2) is 0 Å². The first-order valence-electron chi connectivity index (χ1n) is 9.10. The van der Waals surface area contributed by atoms with Crippen LogP contribution >= 0.6 is 11.3 Å². The highest BCUT2D eigenvalue weighted by molar-refractivity contribution is 7.09. The molecule has 1 N–H and O–H groups in total. The second-order valence-electron chi connectivity index (χ2n) is 7.02. The third kappa shape index (κ3) is 3.51. The first-order valence-corrected chi connectivity index (χ1v) is 9.98. The van der Waals surface area contributed by atoms with E-state index in [1.54, 1.807) is 34.4 Å². The Morgan fingerprint density at radius 3 is 2.85 bits per heavy atom. The average Bonchev–Trinajstić information content (AvgIpc) is 3.31. The lowest BCUT2D eigenvalue weighted by Crippen LogP contribution is -2.66. The number of nitrogens with zero attached hydrogens (tertiary/aromatic N) is 1. The molecule has 27 heavy (non-hydrogen) atoms. The van der Waals surface area contributed by atoms with Crippen molar-refractivity contribution < 1.29 is 19.1 Å². The van der Waals surface area contributed by atoms with Crippen LogP contribution in [0.25, 0.3) is 0 Å². The molecule has 2 aromatic rings. The molecular formula is C20H22N2O4S. The van der Waals surface area contributed by atoms with E-state index in [0.717, 1.165) is 12.8 Å². The number of thiophene rings is 1. The third-order valence-electron chi connectivity index (χ3n) is 5.23. The lowest BCUT2D eigenvalue weighted by Gasteiger charge is -2.49. The van der Waals surface area contributed by atoms with E-state index in [1.807, 2.05) is 18.4 Å². The van der Waals surface area contributed by atoms with E-state index in [2.05, 4.69) is 11.4 Å². The van der Waals surface area contributed by atoms with Crippen LogP contribution in [0.1, 0.15) is 31.1 Å². The summed E-state index contributed by atoms with van der Waals surface area (Å²) in [5.74, 6) is 1.17. The summed E-state index contributed by atoms with van der Waals surface area (Å²) in [6, 6.07) is 9.40. The van der Waals surface area contributed by atoms with Gasteiger partial charge < -0.3 is 19.7 Å². The predicted molar refractivity (Wildman–Crippen MR) is 103 cm³/mol. The van der Waals surface area contributed by atoms with Crippen molar-refractivity contribution in [2.75, 3.05) is 18.7 Å². The molecule has 0 radical (unpaired) electrons. The summed E-state index contributed by atoms with van der Waals surface area (Å²) >= 11 is 1.71. The van der Waals surface area contributed by atoms with Gasteiger partial charge in [-0.05, 0) is 49.8 Å². The maximum absolute atomic E-state index is 12.8. The monoisotopic (exact) mass is 386 g/mol. The van der Waals surface area contributed by atoms with Gasteiger partial charge in [0.25, 0.3) is 0 Å². The van der Waals surface area contributed by atoms with Crippen LogP contribution in [0.5, 0.6) is 11.5 Å². The first-order chi connectivity index (χ1) is 13.1. The third-order valence-corrected chi connectivity index (χ3v) is 6.17. The summed E-state index contributed by atoms with van der Waals surface area (Å²) in [5, 5.41) is 4.96. The molecule has 1 aromatic heterocycles. The Labute approximate surface area is 162 Å². The summed E-state index contributed by atoms with van der Waals surface area (Å²) in [5.41, 5.74) is -0.154. The van der Waals surface area contributed by atoms with Gasteiger partial charge in [-0.3, -0.25) is 9.59 Å². The number of benzene rings is 1. The molecule has 2 aliphatic heterocycles. The van der Waals surface area contributed by atoms with E-state index < -0.39 is 5.54 Å². The highest BCUT2D eigenvalue weighted by Crippen LogP contribution is 2.36. The number of ether oxygens (including phenoxy) is 2. The molecule has 7 heteroatoms. The largest absolute Gasteiger partial charge is 0.454 e. The zero-order valence-corrected chi connectivity index (χ0v) is 16.0. The zero-order chi connectivity index (χ0) is 18.9. The molecule has 1 unspecified atom stereocenters. The van der Waals surface area contributed by atoms with Gasteiger partial charge in [0.1, 0.15) is 5.54 Å². The molecule has 3 heterocycles. The van der Waals surface area contributed by atoms with E-state index in [1.165, 1.54) is 4.88 Å². The topological polar surface area (TPSA) is 67.9 Å². The van der Waals surface area contributed by atoms with Crippen LogP contribution in [0.4, 0.5) is 5.69 Å². The van der Waals surface area contributed by atoms with Crippen molar-refractivity contribution in [3.8, 4) is 11.5 Å². The standard InChI is InChI=1S/C20H22N2O4S/c1-20(19(24)21-14-7-8-16-17(12-14)26-13-25-16)9-10-22(20)18(23)6-2-4-15-5-3-11-27-15/h3,5,7-8,11-12H,2,4,6,9-10,13H2,1H3,(H,21,24). The van der Waals surface area contributed by atoms with Gasteiger partial charge in [-0.2, -0.15) is 0 Å². The minimum atomic E-state index is -0.795. The van der Waals surface area contributed by atoms with Gasteiger partial charge in [0.15, 0.2) is 11.5 Å². The Morgan fingerprint density at radius 2 is 2.11 bits per heavy atom. The van der Waals surface area contributed by atoms with Crippen LogP contribution in [0.15, 0.2) is 35.7 Å². The number of hydrogen-bond acceptors (Lipinski definition) is 5. The Morgan fingerprint density at radius 1 is 1.26 bits per heavy atom. The van der Waals surface area contributed by atoms with Gasteiger partial charge in [-0.15, -0.1) is 11.3 Å². The lowest BCUT2D eigenvalue weighted by molar-refractivity contribution is -0.154. The summed E-state index contributed by atoms with van der Waals surface area (Å²) < 4.78 is 10.6. The molecular weight excluding hydrogens is 364 g/mol. The number of carbonyl (C=O) groups excluding carboxylic acids is 2. The van der Waals surface area contributed by atoms with Crippen molar-refractivity contribution in [2.24, 2.45) is 0 Å². The van der Waals surface area contributed by atoms with E-state index in [-0.39, 0.29) is 18.6 Å². The van der Waals surface area contributed by atoms with Crippen molar-refractivity contribution in [1.29, 1.82) is 0 Å². The maximum Gasteiger partial charge on any atom is 0.250 e. The van der Waals surface area contributed by atoms with Crippen molar-refractivity contribution >= 4 is 28.8 Å². The van der Waals surface area contributed by atoms with Gasteiger partial charge in [0.2, 0.25) is 18.6 Å². The van der Waals surface area contributed by atoms with Gasteiger partial charge in [0, 0.05) is 29.6 Å². The number of fused-ring (bicyclic) bond motifs is 1. The van der Waals surface area contributed by atoms with Crippen LogP contribution < -0.4 is 14.8 Å². The number of likely N-dealkylation sites (tertiary alicyclic amines) is 1. The number of carbonyl (C=O) groups is 2. The highest BCUT2D eigenvalue weighted by Gasteiger charge is 2.49. The van der Waals surface area contributed by atoms with Crippen molar-refractivity contribution in [3.05, 3.63) is 40.6 Å². The molecule has 4 rings (SSSR count). The fraction of sp³-hybridized carbons (Fsp3) is 0.400. The molecule has 2 amide bonds. The molecule has 1 atom stereocenters. The SMILES string of the molecule is CC1(C(=O)Nc2ccc3c(c2)OCO3)CCN1C(=O)CCCc1cccs1. The second-order valence-corrected chi connectivity index (χ2v) is 8.06. The summed E-state index contributed by atoms with van der Waals surface area (Å²) in [4.78, 5) is 28.4. The maximum atomic E-state index is 12.8. The predicted octanol–water partition coefficient (Wildman–Crippen LogP) is 3.43. The highest BCUT2D eigenvalue weighted by atomic mass is 32.1. The summed E-state index contributed by atoms with van der Waals surface area (Å²) in [6.45, 7) is 2.65. The smallest absolute Gasteiger partial charge is 0.250 e. The molecule has 0 aliphatic carbocycles. The molecule has 0 spiro atoms. The molecule has 0 saturated carbocycles. The fourth-order valence-electron chi connectivity index (χ4n) is 3.44.